The Morgan fingerprint density at radius 2 is 1.63 bits per heavy atom. The summed E-state index contributed by atoms with van der Waals surface area (Å²) in [6.45, 7) is 4.10. The maximum absolute atomic E-state index is 5.91. The van der Waals surface area contributed by atoms with Gasteiger partial charge in [-0.15, -0.1) is 0 Å². The second-order valence-corrected chi connectivity index (χ2v) is 7.39. The Hall–Kier alpha value is -3.25. The van der Waals surface area contributed by atoms with E-state index in [9.17, 15) is 0 Å². The van der Waals surface area contributed by atoms with Crippen molar-refractivity contribution in [1.82, 2.24) is 19.9 Å². The zero-order chi connectivity index (χ0) is 20.6. The van der Waals surface area contributed by atoms with Crippen LogP contribution in [0.1, 0.15) is 30.7 Å². The summed E-state index contributed by atoms with van der Waals surface area (Å²) in [7, 11) is 0. The van der Waals surface area contributed by atoms with E-state index in [0.717, 1.165) is 41.2 Å². The molecule has 0 saturated carbocycles. The van der Waals surface area contributed by atoms with Crippen LogP contribution in [0.5, 0.6) is 5.75 Å². The molecule has 1 aliphatic rings. The molecule has 6 heteroatoms. The van der Waals surface area contributed by atoms with Gasteiger partial charge in [-0.05, 0) is 61.3 Å². The number of pyridine rings is 1. The van der Waals surface area contributed by atoms with E-state index in [0.29, 0.717) is 5.82 Å². The van der Waals surface area contributed by atoms with Crippen LogP contribution in [0.3, 0.4) is 0 Å². The van der Waals surface area contributed by atoms with E-state index in [1.54, 1.807) is 12.4 Å². The van der Waals surface area contributed by atoms with E-state index in [-0.39, 0.29) is 0 Å². The number of benzene rings is 1. The molecule has 2 aromatic heterocycles. The minimum absolute atomic E-state index is 0.588. The number of hydrogen-bond donors (Lipinski definition) is 1. The van der Waals surface area contributed by atoms with Gasteiger partial charge < -0.3 is 10.5 Å². The molecule has 6 nitrogen and oxygen atoms in total. The van der Waals surface area contributed by atoms with Crippen molar-refractivity contribution in [2.75, 3.05) is 26.2 Å². The summed E-state index contributed by atoms with van der Waals surface area (Å²) in [5, 5.41) is 0. The molecule has 154 valence electrons. The fourth-order valence-corrected chi connectivity index (χ4v) is 3.67. The van der Waals surface area contributed by atoms with Gasteiger partial charge in [-0.25, -0.2) is 9.97 Å². The number of ether oxygens (including phenoxy) is 1. The van der Waals surface area contributed by atoms with E-state index in [1.807, 2.05) is 48.8 Å². The van der Waals surface area contributed by atoms with Crippen LogP contribution in [0.25, 0.3) is 16.7 Å². The fraction of sp³-hybridized carbons (Fsp3) is 0.292. The second-order valence-electron chi connectivity index (χ2n) is 7.39. The molecule has 1 fully saturated rings. The number of rotatable bonds is 7. The van der Waals surface area contributed by atoms with E-state index in [4.69, 9.17) is 10.5 Å². The highest BCUT2D eigenvalue weighted by Gasteiger charge is 2.10. The lowest BCUT2D eigenvalue weighted by Gasteiger charge is -2.26. The minimum Gasteiger partial charge on any atom is -0.492 e. The molecule has 0 spiro atoms. The van der Waals surface area contributed by atoms with Crippen molar-refractivity contribution in [2.45, 2.75) is 19.3 Å². The molecule has 0 aliphatic carbocycles. The van der Waals surface area contributed by atoms with E-state index >= 15 is 0 Å². The molecule has 2 N–H and O–H groups in total. The second kappa shape index (κ2) is 9.98. The average Bonchev–Trinajstić information content (AvgIpc) is 2.82. The van der Waals surface area contributed by atoms with E-state index in [1.165, 1.54) is 38.6 Å². The van der Waals surface area contributed by atoms with E-state index in [2.05, 4.69) is 19.9 Å². The van der Waals surface area contributed by atoms with Crippen LogP contribution >= 0.6 is 0 Å². The zero-order valence-electron chi connectivity index (χ0n) is 17.1. The Kier molecular flexibility index (Phi) is 6.67. The van der Waals surface area contributed by atoms with Crippen molar-refractivity contribution in [3.05, 3.63) is 78.8 Å². The molecule has 0 bridgehead atoms. The number of likely N-dealkylation sites (tertiary alicyclic amines) is 1. The summed E-state index contributed by atoms with van der Waals surface area (Å²) in [6.07, 6.45) is 12.6. The van der Waals surface area contributed by atoms with Crippen LogP contribution < -0.4 is 10.5 Å². The van der Waals surface area contributed by atoms with Crippen molar-refractivity contribution in [1.29, 1.82) is 0 Å². The topological polar surface area (TPSA) is 77.2 Å². The largest absolute Gasteiger partial charge is 0.492 e. The van der Waals surface area contributed by atoms with Crippen LogP contribution in [-0.4, -0.2) is 46.1 Å². The van der Waals surface area contributed by atoms with Gasteiger partial charge in [0.05, 0.1) is 0 Å². The number of aromatic nitrogens is 3. The fourth-order valence-electron chi connectivity index (χ4n) is 3.67. The first-order valence-corrected chi connectivity index (χ1v) is 10.4. The SMILES string of the molecule is N/C=C(/c1ccncc1)c1ncc(-c2ccc(OCCN3CCCCC3)cc2)cn1. The van der Waals surface area contributed by atoms with Crippen LogP contribution in [-0.2, 0) is 0 Å². The number of piperidine rings is 1. The van der Waals surface area contributed by atoms with E-state index < -0.39 is 0 Å². The van der Waals surface area contributed by atoms with Gasteiger partial charge in [0.2, 0.25) is 0 Å². The normalized spacial score (nSPS) is 15.1. The molecule has 0 amide bonds. The standard InChI is InChI=1S/C24H27N5O/c25-16-23(20-8-10-26-11-9-20)24-27-17-21(18-28-24)19-4-6-22(7-5-19)30-15-14-29-12-2-1-3-13-29/h4-11,16-18H,1-3,12-15,25H2/b23-16-. The van der Waals surface area contributed by atoms with Gasteiger partial charge in [0.15, 0.2) is 5.82 Å². The lowest BCUT2D eigenvalue weighted by atomic mass is 10.1. The highest BCUT2D eigenvalue weighted by Crippen LogP contribution is 2.24. The first kappa shape index (κ1) is 20.0. The Labute approximate surface area is 177 Å². The molecule has 0 unspecified atom stereocenters. The molecule has 1 aliphatic heterocycles. The molecule has 30 heavy (non-hydrogen) atoms. The van der Waals surface area contributed by atoms with Gasteiger partial charge in [0.1, 0.15) is 12.4 Å². The van der Waals surface area contributed by atoms with Crippen molar-refractivity contribution < 1.29 is 4.74 Å². The van der Waals surface area contributed by atoms with Crippen molar-refractivity contribution >= 4 is 5.57 Å². The predicted molar refractivity (Wildman–Crippen MR) is 119 cm³/mol. The maximum atomic E-state index is 5.91. The molecule has 3 aromatic rings. The average molecular weight is 402 g/mol. The summed E-state index contributed by atoms with van der Waals surface area (Å²) in [6, 6.07) is 11.9. The first-order valence-electron chi connectivity index (χ1n) is 10.4. The number of nitrogens with two attached hydrogens (primary N) is 1. The Balaban J connectivity index is 1.37. The third kappa shape index (κ3) is 5.02. The predicted octanol–water partition coefficient (Wildman–Crippen LogP) is 3.75. The van der Waals surface area contributed by atoms with Crippen LogP contribution in [0, 0.1) is 0 Å². The Bertz CT molecular complexity index is 949. The van der Waals surface area contributed by atoms with Gasteiger partial charge in [-0.3, -0.25) is 9.88 Å². The third-order valence-corrected chi connectivity index (χ3v) is 5.36. The molecular weight excluding hydrogens is 374 g/mol. The van der Waals surface area contributed by atoms with Gasteiger partial charge >= 0.3 is 0 Å². The summed E-state index contributed by atoms with van der Waals surface area (Å²) in [4.78, 5) is 15.5. The zero-order valence-corrected chi connectivity index (χ0v) is 17.1. The van der Waals surface area contributed by atoms with Crippen LogP contribution in [0.15, 0.2) is 67.4 Å². The van der Waals surface area contributed by atoms with Gasteiger partial charge in [-0.2, -0.15) is 0 Å². The Morgan fingerprint density at radius 3 is 2.30 bits per heavy atom. The molecule has 4 rings (SSSR count). The molecule has 0 radical (unpaired) electrons. The highest BCUT2D eigenvalue weighted by atomic mass is 16.5. The van der Waals surface area contributed by atoms with Crippen molar-refractivity contribution in [2.24, 2.45) is 5.73 Å². The number of hydrogen-bond acceptors (Lipinski definition) is 6. The lowest BCUT2D eigenvalue weighted by Crippen LogP contribution is -2.33. The maximum Gasteiger partial charge on any atom is 0.161 e. The van der Waals surface area contributed by atoms with Crippen LogP contribution in [0.2, 0.25) is 0 Å². The molecule has 1 saturated heterocycles. The quantitative estimate of drug-likeness (QED) is 0.650. The Morgan fingerprint density at radius 1 is 0.933 bits per heavy atom. The van der Waals surface area contributed by atoms with Gasteiger partial charge in [-0.1, -0.05) is 18.6 Å². The van der Waals surface area contributed by atoms with Crippen molar-refractivity contribution in [3.63, 3.8) is 0 Å². The first-order chi connectivity index (χ1) is 14.8. The third-order valence-electron chi connectivity index (χ3n) is 5.36. The van der Waals surface area contributed by atoms with Gasteiger partial charge in [0.25, 0.3) is 0 Å². The monoisotopic (exact) mass is 401 g/mol. The molecule has 0 atom stereocenters. The van der Waals surface area contributed by atoms with Gasteiger partial charge in [0, 0.05) is 48.7 Å². The highest BCUT2D eigenvalue weighted by molar-refractivity contribution is 5.76. The molecule has 1 aromatic carbocycles. The summed E-state index contributed by atoms with van der Waals surface area (Å²) < 4.78 is 5.91. The molecular formula is C24H27N5O. The minimum atomic E-state index is 0.588. The lowest BCUT2D eigenvalue weighted by molar-refractivity contribution is 0.183. The van der Waals surface area contributed by atoms with Crippen molar-refractivity contribution in [3.8, 4) is 16.9 Å². The number of nitrogens with zero attached hydrogens (tertiary/aromatic N) is 4. The van der Waals surface area contributed by atoms with Crippen LogP contribution in [0.4, 0.5) is 0 Å². The summed E-state index contributed by atoms with van der Waals surface area (Å²) in [5.41, 5.74) is 9.52. The summed E-state index contributed by atoms with van der Waals surface area (Å²) >= 11 is 0. The molecule has 3 heterocycles. The smallest absolute Gasteiger partial charge is 0.161 e. The summed E-state index contributed by atoms with van der Waals surface area (Å²) in [5.74, 6) is 1.48.